The van der Waals surface area contributed by atoms with Crippen LogP contribution in [0.5, 0.6) is 11.5 Å². The minimum atomic E-state index is -0.221. The molecule has 1 aliphatic heterocycles. The molecule has 0 aliphatic carbocycles. The molecule has 0 bridgehead atoms. The third kappa shape index (κ3) is 3.43. The molecule has 7 heteroatoms. The lowest BCUT2D eigenvalue weighted by molar-refractivity contribution is 0.102. The summed E-state index contributed by atoms with van der Waals surface area (Å²) in [5, 5.41) is 11.6. The maximum absolute atomic E-state index is 12.7. The highest BCUT2D eigenvalue weighted by Gasteiger charge is 2.17. The summed E-state index contributed by atoms with van der Waals surface area (Å²) < 4.78 is 12.7. The number of carbonyl (C=O) groups excluding carboxylic acids is 1. The van der Waals surface area contributed by atoms with Gasteiger partial charge in [-0.05, 0) is 43.2 Å². The molecule has 0 saturated heterocycles. The van der Waals surface area contributed by atoms with E-state index in [9.17, 15) is 4.79 Å². The van der Waals surface area contributed by atoms with Crippen molar-refractivity contribution in [1.82, 2.24) is 14.8 Å². The van der Waals surface area contributed by atoms with E-state index in [1.807, 2.05) is 24.3 Å². The number of ether oxygens (including phenoxy) is 2. The van der Waals surface area contributed by atoms with Gasteiger partial charge < -0.3 is 19.4 Å². The number of methoxy groups -OCH3 is 2. The summed E-state index contributed by atoms with van der Waals surface area (Å²) in [6, 6.07) is 12.7. The van der Waals surface area contributed by atoms with E-state index in [2.05, 4.69) is 20.1 Å². The summed E-state index contributed by atoms with van der Waals surface area (Å²) in [5.74, 6) is 2.75. The number of amides is 1. The van der Waals surface area contributed by atoms with Gasteiger partial charge in [0.25, 0.3) is 5.91 Å². The quantitative estimate of drug-likeness (QED) is 0.735. The summed E-state index contributed by atoms with van der Waals surface area (Å²) >= 11 is 0. The van der Waals surface area contributed by atoms with Gasteiger partial charge in [0.15, 0.2) is 17.3 Å². The number of carbonyl (C=O) groups is 1. The van der Waals surface area contributed by atoms with E-state index in [1.54, 1.807) is 32.4 Å². The van der Waals surface area contributed by atoms with Crippen molar-refractivity contribution in [2.24, 2.45) is 0 Å². The fourth-order valence-corrected chi connectivity index (χ4v) is 3.44. The predicted molar refractivity (Wildman–Crippen MR) is 106 cm³/mol. The molecule has 0 spiro atoms. The van der Waals surface area contributed by atoms with Crippen molar-refractivity contribution in [1.29, 1.82) is 0 Å². The van der Waals surface area contributed by atoms with Gasteiger partial charge in [-0.3, -0.25) is 4.79 Å². The molecule has 1 aromatic heterocycles. The van der Waals surface area contributed by atoms with Crippen molar-refractivity contribution in [2.45, 2.75) is 25.8 Å². The largest absolute Gasteiger partial charge is 0.493 e. The highest BCUT2D eigenvalue weighted by molar-refractivity contribution is 6.04. The van der Waals surface area contributed by atoms with Crippen LogP contribution in [0.1, 0.15) is 29.0 Å². The monoisotopic (exact) mass is 378 g/mol. The lowest BCUT2D eigenvalue weighted by Gasteiger charge is -2.15. The molecule has 0 saturated carbocycles. The maximum atomic E-state index is 12.7. The minimum Gasteiger partial charge on any atom is -0.493 e. The first-order chi connectivity index (χ1) is 13.7. The van der Waals surface area contributed by atoms with E-state index in [1.165, 1.54) is 0 Å². The zero-order valence-electron chi connectivity index (χ0n) is 15.9. The Kier molecular flexibility index (Phi) is 4.97. The molecule has 4 rings (SSSR count). The summed E-state index contributed by atoms with van der Waals surface area (Å²) in [6.07, 6.45) is 3.25. The van der Waals surface area contributed by atoms with Gasteiger partial charge in [0.1, 0.15) is 5.82 Å². The van der Waals surface area contributed by atoms with Crippen molar-refractivity contribution < 1.29 is 14.3 Å². The van der Waals surface area contributed by atoms with Crippen LogP contribution in [0.3, 0.4) is 0 Å². The Hall–Kier alpha value is -3.35. The average molecular weight is 378 g/mol. The standard InChI is InChI=1S/C21H22N4O3/c1-27-17-10-9-15(13-18(17)28-2)21(26)22-16-7-5-6-14(12-16)20-24-23-19-8-3-4-11-25(19)20/h5-7,9-10,12-13H,3-4,8,11H2,1-2H3,(H,22,26). The number of aromatic nitrogens is 3. The second-order valence-corrected chi connectivity index (χ2v) is 6.65. The molecular formula is C21H22N4O3. The van der Waals surface area contributed by atoms with Gasteiger partial charge in [0.05, 0.1) is 14.2 Å². The minimum absolute atomic E-state index is 0.221. The molecule has 0 atom stereocenters. The van der Waals surface area contributed by atoms with Crippen molar-refractivity contribution >= 4 is 11.6 Å². The van der Waals surface area contributed by atoms with Gasteiger partial charge in [-0.25, -0.2) is 0 Å². The van der Waals surface area contributed by atoms with E-state index in [-0.39, 0.29) is 5.91 Å². The number of hydrogen-bond acceptors (Lipinski definition) is 5. The number of benzene rings is 2. The number of anilines is 1. The molecule has 7 nitrogen and oxygen atoms in total. The van der Waals surface area contributed by atoms with Crippen LogP contribution in [0.25, 0.3) is 11.4 Å². The number of fused-ring (bicyclic) bond motifs is 1. The van der Waals surface area contributed by atoms with E-state index in [0.29, 0.717) is 22.7 Å². The molecule has 1 amide bonds. The number of hydrogen-bond donors (Lipinski definition) is 1. The van der Waals surface area contributed by atoms with Crippen LogP contribution in [0, 0.1) is 0 Å². The molecule has 0 unspecified atom stereocenters. The van der Waals surface area contributed by atoms with Crippen LogP contribution in [0.2, 0.25) is 0 Å². The van der Waals surface area contributed by atoms with Crippen molar-refractivity contribution in [2.75, 3.05) is 19.5 Å². The Balaban J connectivity index is 1.57. The molecule has 2 heterocycles. The normalized spacial score (nSPS) is 12.9. The third-order valence-electron chi connectivity index (χ3n) is 4.88. The summed E-state index contributed by atoms with van der Waals surface area (Å²) in [6.45, 7) is 0.930. The van der Waals surface area contributed by atoms with Crippen LogP contribution < -0.4 is 14.8 Å². The lowest BCUT2D eigenvalue weighted by atomic mass is 10.1. The average Bonchev–Trinajstić information content (AvgIpc) is 3.17. The van der Waals surface area contributed by atoms with Gasteiger partial charge in [-0.1, -0.05) is 12.1 Å². The Labute approximate surface area is 163 Å². The SMILES string of the molecule is COc1ccc(C(=O)Nc2cccc(-c3nnc4n3CCCC4)c2)cc1OC. The maximum Gasteiger partial charge on any atom is 0.255 e. The Morgan fingerprint density at radius 3 is 2.71 bits per heavy atom. The molecule has 0 fully saturated rings. The van der Waals surface area contributed by atoms with E-state index >= 15 is 0 Å². The summed E-state index contributed by atoms with van der Waals surface area (Å²) in [7, 11) is 3.11. The van der Waals surface area contributed by atoms with Gasteiger partial charge in [-0.2, -0.15) is 0 Å². The number of rotatable bonds is 5. The van der Waals surface area contributed by atoms with E-state index in [4.69, 9.17) is 9.47 Å². The zero-order chi connectivity index (χ0) is 19.5. The highest BCUT2D eigenvalue weighted by Crippen LogP contribution is 2.29. The van der Waals surface area contributed by atoms with Gasteiger partial charge in [0.2, 0.25) is 0 Å². The Morgan fingerprint density at radius 2 is 1.89 bits per heavy atom. The first-order valence-corrected chi connectivity index (χ1v) is 9.25. The van der Waals surface area contributed by atoms with Crippen LogP contribution in [-0.2, 0) is 13.0 Å². The van der Waals surface area contributed by atoms with Crippen LogP contribution in [0.15, 0.2) is 42.5 Å². The summed E-state index contributed by atoms with van der Waals surface area (Å²) in [4.78, 5) is 12.7. The van der Waals surface area contributed by atoms with Crippen LogP contribution in [0.4, 0.5) is 5.69 Å². The Bertz CT molecular complexity index is 1010. The molecule has 144 valence electrons. The van der Waals surface area contributed by atoms with Crippen LogP contribution in [-0.4, -0.2) is 34.9 Å². The van der Waals surface area contributed by atoms with Gasteiger partial charge in [0, 0.05) is 29.8 Å². The second-order valence-electron chi connectivity index (χ2n) is 6.65. The fourth-order valence-electron chi connectivity index (χ4n) is 3.44. The number of aryl methyl sites for hydroxylation is 1. The van der Waals surface area contributed by atoms with Crippen LogP contribution >= 0.6 is 0 Å². The fraction of sp³-hybridized carbons (Fsp3) is 0.286. The number of nitrogens with one attached hydrogen (secondary N) is 1. The molecule has 0 radical (unpaired) electrons. The highest BCUT2D eigenvalue weighted by atomic mass is 16.5. The number of nitrogens with zero attached hydrogens (tertiary/aromatic N) is 3. The molecule has 1 N–H and O–H groups in total. The first kappa shape index (κ1) is 18.0. The van der Waals surface area contributed by atoms with Gasteiger partial charge >= 0.3 is 0 Å². The molecular weight excluding hydrogens is 356 g/mol. The van der Waals surface area contributed by atoms with E-state index < -0.39 is 0 Å². The van der Waals surface area contributed by atoms with Crippen molar-refractivity contribution in [3.05, 3.63) is 53.9 Å². The molecule has 1 aliphatic rings. The molecule has 3 aromatic rings. The predicted octanol–water partition coefficient (Wildman–Crippen LogP) is 3.55. The topological polar surface area (TPSA) is 78.3 Å². The third-order valence-corrected chi connectivity index (χ3v) is 4.88. The second kappa shape index (κ2) is 7.72. The lowest BCUT2D eigenvalue weighted by Crippen LogP contribution is -2.13. The zero-order valence-corrected chi connectivity index (χ0v) is 15.9. The molecule has 28 heavy (non-hydrogen) atoms. The first-order valence-electron chi connectivity index (χ1n) is 9.25. The Morgan fingerprint density at radius 1 is 1.04 bits per heavy atom. The van der Waals surface area contributed by atoms with E-state index in [0.717, 1.165) is 43.0 Å². The van der Waals surface area contributed by atoms with Gasteiger partial charge in [-0.15, -0.1) is 10.2 Å². The molecule has 2 aromatic carbocycles. The smallest absolute Gasteiger partial charge is 0.255 e. The van der Waals surface area contributed by atoms with Crippen molar-refractivity contribution in [3.63, 3.8) is 0 Å². The summed E-state index contributed by atoms with van der Waals surface area (Å²) in [5.41, 5.74) is 2.12. The van der Waals surface area contributed by atoms with Crippen molar-refractivity contribution in [3.8, 4) is 22.9 Å².